The fraction of sp³-hybridized carbons (Fsp3) is 0.357. The summed E-state index contributed by atoms with van der Waals surface area (Å²) in [6.45, 7) is 4.54. The van der Waals surface area contributed by atoms with E-state index in [0.29, 0.717) is 13.1 Å². The van der Waals surface area contributed by atoms with E-state index in [4.69, 9.17) is 0 Å². The minimum Gasteiger partial charge on any atom is -0.355 e. The number of amides is 3. The monoisotopic (exact) mass is 277 g/mol. The van der Waals surface area contributed by atoms with E-state index in [-0.39, 0.29) is 34.4 Å². The van der Waals surface area contributed by atoms with Gasteiger partial charge in [0.2, 0.25) is 0 Å². The summed E-state index contributed by atoms with van der Waals surface area (Å²) < 4.78 is 0. The van der Waals surface area contributed by atoms with Crippen molar-refractivity contribution in [3.05, 3.63) is 34.9 Å². The van der Waals surface area contributed by atoms with Crippen LogP contribution in [0.1, 0.15) is 44.9 Å². The lowest BCUT2D eigenvalue weighted by molar-refractivity contribution is 0.0955. The van der Waals surface area contributed by atoms with Crippen molar-refractivity contribution >= 4 is 17.7 Å². The van der Waals surface area contributed by atoms with Crippen molar-refractivity contribution in [2.24, 2.45) is 0 Å². The molecule has 1 aromatic carbocycles. The fourth-order valence-corrected chi connectivity index (χ4v) is 1.69. The van der Waals surface area contributed by atoms with Gasteiger partial charge in [-0.05, 0) is 32.0 Å². The molecule has 0 fully saturated rings. The molecule has 1 aromatic rings. The van der Waals surface area contributed by atoms with Gasteiger partial charge in [-0.1, -0.05) is 0 Å². The van der Waals surface area contributed by atoms with Crippen molar-refractivity contribution in [1.82, 2.24) is 16.0 Å². The van der Waals surface area contributed by atoms with Crippen molar-refractivity contribution < 1.29 is 14.4 Å². The molecule has 108 valence electrons. The SMILES string of the molecule is CCNC(=O)c1cc(C(=O)NC)cc(C(=O)NCC)c1. The van der Waals surface area contributed by atoms with Gasteiger partial charge in [0, 0.05) is 36.8 Å². The average Bonchev–Trinajstić information content (AvgIpc) is 2.46. The van der Waals surface area contributed by atoms with Crippen LogP contribution in [0.3, 0.4) is 0 Å². The molecule has 0 bridgehead atoms. The number of hydrogen-bond acceptors (Lipinski definition) is 3. The molecular weight excluding hydrogens is 258 g/mol. The Hall–Kier alpha value is -2.37. The molecule has 0 unspecified atom stereocenters. The van der Waals surface area contributed by atoms with E-state index < -0.39 is 0 Å². The third-order valence-electron chi connectivity index (χ3n) is 2.62. The molecule has 3 amide bonds. The van der Waals surface area contributed by atoms with Crippen LogP contribution >= 0.6 is 0 Å². The molecule has 3 N–H and O–H groups in total. The predicted molar refractivity (Wildman–Crippen MR) is 75.8 cm³/mol. The molecular formula is C14H19N3O3. The molecule has 0 aliphatic rings. The normalized spacial score (nSPS) is 9.75. The molecule has 0 saturated heterocycles. The molecule has 0 atom stereocenters. The molecule has 0 radical (unpaired) electrons. The number of carbonyl (C=O) groups is 3. The summed E-state index contributed by atoms with van der Waals surface area (Å²) in [6.07, 6.45) is 0. The smallest absolute Gasteiger partial charge is 0.251 e. The Morgan fingerprint density at radius 2 is 1.15 bits per heavy atom. The summed E-state index contributed by atoms with van der Waals surface area (Å²) in [5.74, 6) is -0.977. The maximum Gasteiger partial charge on any atom is 0.251 e. The quantitative estimate of drug-likeness (QED) is 0.734. The van der Waals surface area contributed by atoms with E-state index in [2.05, 4.69) is 16.0 Å². The summed E-state index contributed by atoms with van der Waals surface area (Å²) >= 11 is 0. The van der Waals surface area contributed by atoms with E-state index >= 15 is 0 Å². The number of hydrogen-bond donors (Lipinski definition) is 3. The second-order valence-corrected chi connectivity index (χ2v) is 4.10. The second-order valence-electron chi connectivity index (χ2n) is 4.10. The lowest BCUT2D eigenvalue weighted by atomic mass is 10.0. The largest absolute Gasteiger partial charge is 0.355 e. The van der Waals surface area contributed by atoms with Gasteiger partial charge in [0.15, 0.2) is 0 Å². The first-order chi connectivity index (χ1) is 9.53. The van der Waals surface area contributed by atoms with Gasteiger partial charge in [-0.25, -0.2) is 0 Å². The molecule has 6 heteroatoms. The number of carbonyl (C=O) groups excluding carboxylic acids is 3. The van der Waals surface area contributed by atoms with Crippen molar-refractivity contribution in [3.8, 4) is 0 Å². The molecule has 0 aliphatic carbocycles. The molecule has 0 aliphatic heterocycles. The average molecular weight is 277 g/mol. The minimum absolute atomic E-state index is 0.275. The Kier molecular flexibility index (Phi) is 5.71. The zero-order valence-electron chi connectivity index (χ0n) is 11.9. The summed E-state index contributed by atoms with van der Waals surface area (Å²) in [5, 5.41) is 7.76. The van der Waals surface area contributed by atoms with Crippen LogP contribution in [0.2, 0.25) is 0 Å². The van der Waals surface area contributed by atoms with Crippen LogP contribution in [0.4, 0.5) is 0 Å². The zero-order valence-corrected chi connectivity index (χ0v) is 11.9. The number of nitrogens with one attached hydrogen (secondary N) is 3. The highest BCUT2D eigenvalue weighted by Gasteiger charge is 2.15. The maximum absolute atomic E-state index is 11.9. The van der Waals surface area contributed by atoms with Crippen LogP contribution in [0, 0.1) is 0 Å². The number of benzene rings is 1. The maximum atomic E-state index is 11.9. The van der Waals surface area contributed by atoms with Crippen molar-refractivity contribution in [2.45, 2.75) is 13.8 Å². The first-order valence-electron chi connectivity index (χ1n) is 6.47. The highest BCUT2D eigenvalue weighted by atomic mass is 16.2. The van der Waals surface area contributed by atoms with Crippen LogP contribution in [-0.4, -0.2) is 37.9 Å². The summed E-state index contributed by atoms with van der Waals surface area (Å²) in [6, 6.07) is 4.40. The lowest BCUT2D eigenvalue weighted by Crippen LogP contribution is -2.27. The van der Waals surface area contributed by atoms with Crippen molar-refractivity contribution in [3.63, 3.8) is 0 Å². The molecule has 0 heterocycles. The van der Waals surface area contributed by atoms with Gasteiger partial charge < -0.3 is 16.0 Å². The molecule has 6 nitrogen and oxygen atoms in total. The highest BCUT2D eigenvalue weighted by molar-refractivity contribution is 6.04. The predicted octanol–water partition coefficient (Wildman–Crippen LogP) is 0.546. The molecule has 0 aromatic heterocycles. The Balaban J connectivity index is 3.24. The van der Waals surface area contributed by atoms with E-state index in [1.807, 2.05) is 0 Å². The third-order valence-corrected chi connectivity index (χ3v) is 2.62. The van der Waals surface area contributed by atoms with Gasteiger partial charge in [0.1, 0.15) is 0 Å². The standard InChI is InChI=1S/C14H19N3O3/c1-4-16-13(19)10-6-9(12(18)15-3)7-11(8-10)14(20)17-5-2/h6-8H,4-5H2,1-3H3,(H,15,18)(H,16,19)(H,17,20). The van der Waals surface area contributed by atoms with E-state index in [9.17, 15) is 14.4 Å². The summed E-state index contributed by atoms with van der Waals surface area (Å²) in [7, 11) is 1.49. The second kappa shape index (κ2) is 7.28. The Morgan fingerprint density at radius 3 is 1.45 bits per heavy atom. The van der Waals surface area contributed by atoms with Gasteiger partial charge in [0.05, 0.1) is 0 Å². The Bertz CT molecular complexity index is 490. The van der Waals surface area contributed by atoms with Crippen LogP contribution in [0.25, 0.3) is 0 Å². The number of rotatable bonds is 5. The first kappa shape index (κ1) is 15.7. The van der Waals surface area contributed by atoms with Crippen molar-refractivity contribution in [2.75, 3.05) is 20.1 Å². The van der Waals surface area contributed by atoms with Gasteiger partial charge >= 0.3 is 0 Å². The van der Waals surface area contributed by atoms with Crippen LogP contribution in [0.15, 0.2) is 18.2 Å². The lowest BCUT2D eigenvalue weighted by Gasteiger charge is -2.09. The molecule has 1 rings (SSSR count). The molecule has 0 saturated carbocycles. The first-order valence-corrected chi connectivity index (χ1v) is 6.47. The van der Waals surface area contributed by atoms with E-state index in [1.54, 1.807) is 13.8 Å². The highest BCUT2D eigenvalue weighted by Crippen LogP contribution is 2.11. The van der Waals surface area contributed by atoms with Crippen LogP contribution in [0.5, 0.6) is 0 Å². The third kappa shape index (κ3) is 3.81. The zero-order chi connectivity index (χ0) is 15.1. The molecule has 0 spiro atoms. The van der Waals surface area contributed by atoms with Crippen molar-refractivity contribution in [1.29, 1.82) is 0 Å². The van der Waals surface area contributed by atoms with Crippen LogP contribution < -0.4 is 16.0 Å². The topological polar surface area (TPSA) is 87.3 Å². The summed E-state index contributed by atoms with van der Waals surface area (Å²) in [5.41, 5.74) is 0.848. The molecule has 20 heavy (non-hydrogen) atoms. The minimum atomic E-state index is -0.346. The van der Waals surface area contributed by atoms with Gasteiger partial charge in [-0.3, -0.25) is 14.4 Å². The van der Waals surface area contributed by atoms with Gasteiger partial charge in [-0.15, -0.1) is 0 Å². The van der Waals surface area contributed by atoms with E-state index in [1.165, 1.54) is 25.2 Å². The van der Waals surface area contributed by atoms with Crippen LogP contribution in [-0.2, 0) is 0 Å². The summed E-state index contributed by atoms with van der Waals surface area (Å²) in [4.78, 5) is 35.4. The Labute approximate surface area is 117 Å². The van der Waals surface area contributed by atoms with Gasteiger partial charge in [-0.2, -0.15) is 0 Å². The fourth-order valence-electron chi connectivity index (χ4n) is 1.69. The van der Waals surface area contributed by atoms with E-state index in [0.717, 1.165) is 0 Å². The Morgan fingerprint density at radius 1 is 0.800 bits per heavy atom. The van der Waals surface area contributed by atoms with Gasteiger partial charge in [0.25, 0.3) is 17.7 Å².